The molecule has 1 aromatic heterocycles. The fourth-order valence-electron chi connectivity index (χ4n) is 1.01. The Hall–Kier alpha value is -1.61. The highest BCUT2D eigenvalue weighted by atomic mass is 32.2. The molecule has 0 aliphatic rings. The second-order valence-corrected chi connectivity index (χ2v) is 4.77. The molecule has 0 fully saturated rings. The zero-order valence-electron chi connectivity index (χ0n) is 8.77. The van der Waals surface area contributed by atoms with Crippen molar-refractivity contribution in [2.45, 2.75) is 0 Å². The Morgan fingerprint density at radius 2 is 2.00 bits per heavy atom. The van der Waals surface area contributed by atoms with Crippen LogP contribution in [0.2, 0.25) is 0 Å². The molecule has 0 amide bonds. The number of nitrogens with zero attached hydrogens (tertiary/aromatic N) is 2. The molecule has 0 spiro atoms. The summed E-state index contributed by atoms with van der Waals surface area (Å²) >= 11 is 0. The molecule has 0 unspecified atom stereocenters. The van der Waals surface area contributed by atoms with Crippen LogP contribution in [0.5, 0.6) is 0 Å². The number of nitrogens with one attached hydrogen (secondary N) is 2. The molecule has 0 aliphatic carbocycles. The van der Waals surface area contributed by atoms with E-state index in [4.69, 9.17) is 10.9 Å². The molecule has 0 aromatic carbocycles. The molecule has 0 saturated heterocycles. The van der Waals surface area contributed by atoms with E-state index in [1.165, 1.54) is 0 Å². The van der Waals surface area contributed by atoms with Gasteiger partial charge in [-0.2, -0.15) is 9.97 Å². The average Bonchev–Trinajstić information content (AvgIpc) is 2.14. The van der Waals surface area contributed by atoms with Crippen LogP contribution >= 0.6 is 0 Å². The second kappa shape index (κ2) is 4.94. The molecule has 0 aliphatic heterocycles. The van der Waals surface area contributed by atoms with Gasteiger partial charge in [0.05, 0.1) is 5.75 Å². The minimum atomic E-state index is -3.47. The van der Waals surface area contributed by atoms with E-state index in [9.17, 15) is 8.42 Å². The van der Waals surface area contributed by atoms with E-state index in [1.54, 1.807) is 13.1 Å². The predicted octanol–water partition coefficient (Wildman–Crippen LogP) is -1.20. The largest absolute Gasteiger partial charge is 0.373 e. The maximum absolute atomic E-state index is 10.7. The standard InChI is InChI=1S/C7H14N6O2S/c1-10-5-4-6(13-7(8)12-5)11-2-3-16(9,14)15/h4H,2-3H2,1H3,(H2,9,14,15)(H4,8,10,11,12,13). The third-order valence-corrected chi connectivity index (χ3v) is 2.47. The monoisotopic (exact) mass is 246 g/mol. The molecular weight excluding hydrogens is 232 g/mol. The van der Waals surface area contributed by atoms with Gasteiger partial charge in [0.25, 0.3) is 0 Å². The Balaban J connectivity index is 2.63. The Labute approximate surface area is 93.5 Å². The lowest BCUT2D eigenvalue weighted by Gasteiger charge is -2.07. The number of sulfonamides is 1. The van der Waals surface area contributed by atoms with Gasteiger partial charge in [-0.25, -0.2) is 13.6 Å². The maximum atomic E-state index is 10.7. The van der Waals surface area contributed by atoms with Crippen molar-refractivity contribution in [3.8, 4) is 0 Å². The van der Waals surface area contributed by atoms with E-state index < -0.39 is 10.0 Å². The summed E-state index contributed by atoms with van der Waals surface area (Å²) in [6, 6.07) is 1.61. The molecule has 8 nitrogen and oxygen atoms in total. The predicted molar refractivity (Wildman–Crippen MR) is 62.5 cm³/mol. The Bertz CT molecular complexity index is 460. The summed E-state index contributed by atoms with van der Waals surface area (Å²) in [4.78, 5) is 7.76. The molecular formula is C7H14N6O2S. The van der Waals surface area contributed by atoms with Crippen LogP contribution in [0.25, 0.3) is 0 Å². The van der Waals surface area contributed by atoms with Gasteiger partial charge >= 0.3 is 0 Å². The summed E-state index contributed by atoms with van der Waals surface area (Å²) in [7, 11) is -1.78. The SMILES string of the molecule is CNc1cc(NCCS(N)(=O)=O)nc(N)n1. The molecule has 0 radical (unpaired) electrons. The van der Waals surface area contributed by atoms with Crippen molar-refractivity contribution >= 4 is 27.6 Å². The van der Waals surface area contributed by atoms with Crippen LogP contribution in [0.3, 0.4) is 0 Å². The summed E-state index contributed by atoms with van der Waals surface area (Å²) in [5.74, 6) is 0.919. The van der Waals surface area contributed by atoms with Crippen molar-refractivity contribution < 1.29 is 8.42 Å². The van der Waals surface area contributed by atoms with Crippen LogP contribution in [-0.4, -0.2) is 37.7 Å². The molecule has 1 heterocycles. The smallest absolute Gasteiger partial charge is 0.223 e. The van der Waals surface area contributed by atoms with Crippen molar-refractivity contribution in [1.29, 1.82) is 0 Å². The van der Waals surface area contributed by atoms with Crippen LogP contribution in [0.1, 0.15) is 0 Å². The summed E-state index contributed by atoms with van der Waals surface area (Å²) in [5.41, 5.74) is 5.45. The van der Waals surface area contributed by atoms with E-state index in [2.05, 4.69) is 20.6 Å². The summed E-state index contributed by atoms with van der Waals surface area (Å²) in [6.07, 6.45) is 0. The molecule has 0 atom stereocenters. The highest BCUT2D eigenvalue weighted by molar-refractivity contribution is 7.89. The van der Waals surface area contributed by atoms with E-state index in [0.29, 0.717) is 11.6 Å². The first-order valence-electron chi connectivity index (χ1n) is 4.47. The fraction of sp³-hybridized carbons (Fsp3) is 0.429. The summed E-state index contributed by atoms with van der Waals surface area (Å²) in [5, 5.41) is 10.4. The highest BCUT2D eigenvalue weighted by Gasteiger charge is 2.04. The topological polar surface area (TPSA) is 136 Å². The molecule has 1 aromatic rings. The quantitative estimate of drug-likeness (QED) is 0.512. The van der Waals surface area contributed by atoms with E-state index in [1.807, 2.05) is 0 Å². The van der Waals surface area contributed by atoms with Gasteiger partial charge in [-0.3, -0.25) is 0 Å². The maximum Gasteiger partial charge on any atom is 0.223 e. The number of nitrogens with two attached hydrogens (primary N) is 2. The first kappa shape index (κ1) is 12.5. The van der Waals surface area contributed by atoms with Gasteiger partial charge in [0.1, 0.15) is 11.6 Å². The highest BCUT2D eigenvalue weighted by Crippen LogP contribution is 2.11. The summed E-state index contributed by atoms with van der Waals surface area (Å²) in [6.45, 7) is 0.165. The zero-order chi connectivity index (χ0) is 12.2. The lowest BCUT2D eigenvalue weighted by atomic mass is 10.5. The van der Waals surface area contributed by atoms with Crippen LogP contribution in [0, 0.1) is 0 Å². The lowest BCUT2D eigenvalue weighted by Crippen LogP contribution is -2.22. The van der Waals surface area contributed by atoms with E-state index in [-0.39, 0.29) is 18.2 Å². The van der Waals surface area contributed by atoms with Crippen molar-refractivity contribution in [1.82, 2.24) is 9.97 Å². The number of nitrogen functional groups attached to an aromatic ring is 1. The molecule has 9 heteroatoms. The minimum Gasteiger partial charge on any atom is -0.373 e. The molecule has 0 saturated carbocycles. The Morgan fingerprint density at radius 1 is 1.38 bits per heavy atom. The van der Waals surface area contributed by atoms with E-state index >= 15 is 0 Å². The number of rotatable bonds is 5. The van der Waals surface area contributed by atoms with Crippen molar-refractivity contribution in [3.05, 3.63) is 6.07 Å². The number of primary sulfonamides is 1. The molecule has 1 rings (SSSR count). The first-order chi connectivity index (χ1) is 7.40. The number of aromatic nitrogens is 2. The van der Waals surface area contributed by atoms with Gasteiger partial charge in [0.15, 0.2) is 0 Å². The number of hydrogen-bond acceptors (Lipinski definition) is 7. The number of anilines is 3. The Morgan fingerprint density at radius 3 is 2.56 bits per heavy atom. The third-order valence-electron chi connectivity index (χ3n) is 1.69. The second-order valence-electron chi connectivity index (χ2n) is 3.04. The van der Waals surface area contributed by atoms with Gasteiger partial charge < -0.3 is 16.4 Å². The third kappa shape index (κ3) is 4.28. The number of hydrogen-bond donors (Lipinski definition) is 4. The molecule has 6 N–H and O–H groups in total. The van der Waals surface area contributed by atoms with Crippen LogP contribution in [0.4, 0.5) is 17.6 Å². The van der Waals surface area contributed by atoms with Gasteiger partial charge in [0, 0.05) is 19.7 Å². The van der Waals surface area contributed by atoms with Crippen LogP contribution < -0.4 is 21.5 Å². The normalized spacial score (nSPS) is 11.1. The Kier molecular flexibility index (Phi) is 3.85. The molecule has 0 bridgehead atoms. The van der Waals surface area contributed by atoms with Gasteiger partial charge in [-0.15, -0.1) is 0 Å². The van der Waals surface area contributed by atoms with Crippen LogP contribution in [0.15, 0.2) is 6.07 Å². The van der Waals surface area contributed by atoms with Gasteiger partial charge in [-0.1, -0.05) is 0 Å². The first-order valence-corrected chi connectivity index (χ1v) is 6.19. The zero-order valence-corrected chi connectivity index (χ0v) is 9.58. The van der Waals surface area contributed by atoms with E-state index in [0.717, 1.165) is 0 Å². The molecule has 90 valence electrons. The van der Waals surface area contributed by atoms with Gasteiger partial charge in [0.2, 0.25) is 16.0 Å². The van der Waals surface area contributed by atoms with Crippen LogP contribution in [-0.2, 0) is 10.0 Å². The van der Waals surface area contributed by atoms with Crippen molar-refractivity contribution in [3.63, 3.8) is 0 Å². The van der Waals surface area contributed by atoms with Gasteiger partial charge in [-0.05, 0) is 0 Å². The minimum absolute atomic E-state index is 0.102. The fourth-order valence-corrected chi connectivity index (χ4v) is 1.39. The summed E-state index contributed by atoms with van der Waals surface area (Å²) < 4.78 is 21.4. The molecule has 16 heavy (non-hydrogen) atoms. The van der Waals surface area contributed by atoms with Crippen molar-refractivity contribution in [2.24, 2.45) is 5.14 Å². The lowest BCUT2D eigenvalue weighted by molar-refractivity contribution is 0.598. The van der Waals surface area contributed by atoms with Crippen molar-refractivity contribution in [2.75, 3.05) is 35.7 Å². The average molecular weight is 246 g/mol.